The SMILES string of the molecule is Cc1ccccc1OCC(=O)N1CCN(C(=O)C23CC4CC(CC(C4)C2)C3)CC1. The van der Waals surface area contributed by atoms with E-state index in [1.807, 2.05) is 36.1 Å². The summed E-state index contributed by atoms with van der Waals surface area (Å²) in [6.07, 6.45) is 7.41. The first-order chi connectivity index (χ1) is 14.0. The summed E-state index contributed by atoms with van der Waals surface area (Å²) in [6, 6.07) is 7.75. The molecule has 5 aliphatic rings. The molecule has 0 atom stereocenters. The number of ether oxygens (including phenoxy) is 1. The first-order valence-corrected chi connectivity index (χ1v) is 11.3. The van der Waals surface area contributed by atoms with Crippen molar-refractivity contribution in [3.05, 3.63) is 29.8 Å². The highest BCUT2D eigenvalue weighted by atomic mass is 16.5. The highest BCUT2D eigenvalue weighted by molar-refractivity contribution is 5.84. The van der Waals surface area contributed by atoms with Gasteiger partial charge in [0.25, 0.3) is 5.91 Å². The predicted octanol–water partition coefficient (Wildman–Crippen LogP) is 3.26. The summed E-state index contributed by atoms with van der Waals surface area (Å²) in [5, 5.41) is 0. The number of amides is 2. The van der Waals surface area contributed by atoms with E-state index < -0.39 is 0 Å². The summed E-state index contributed by atoms with van der Waals surface area (Å²) in [5.41, 5.74) is 0.959. The fourth-order valence-electron chi connectivity index (χ4n) is 6.82. The molecule has 156 valence electrons. The normalized spacial score (nSPS) is 33.1. The minimum Gasteiger partial charge on any atom is -0.484 e. The highest BCUT2D eigenvalue weighted by Gasteiger charge is 2.55. The van der Waals surface area contributed by atoms with Gasteiger partial charge in [-0.05, 0) is 74.8 Å². The third kappa shape index (κ3) is 3.53. The number of carbonyl (C=O) groups excluding carboxylic acids is 2. The zero-order valence-corrected chi connectivity index (χ0v) is 17.4. The molecule has 4 saturated carbocycles. The van der Waals surface area contributed by atoms with Gasteiger partial charge in [-0.1, -0.05) is 18.2 Å². The average molecular weight is 397 g/mol. The van der Waals surface area contributed by atoms with E-state index in [0.717, 1.165) is 48.3 Å². The van der Waals surface area contributed by atoms with Crippen molar-refractivity contribution < 1.29 is 14.3 Å². The molecule has 0 N–H and O–H groups in total. The second kappa shape index (κ2) is 7.33. The summed E-state index contributed by atoms with van der Waals surface area (Å²) in [5.74, 6) is 3.51. The standard InChI is InChI=1S/C24H32N2O3/c1-17-4-2-3-5-21(17)29-16-22(27)25-6-8-26(9-7-25)23(28)24-13-18-10-19(14-24)12-20(11-18)15-24/h2-5,18-20H,6-16H2,1H3. The lowest BCUT2D eigenvalue weighted by Gasteiger charge is -2.57. The number of benzene rings is 1. The molecular weight excluding hydrogens is 364 g/mol. The van der Waals surface area contributed by atoms with Crippen LogP contribution in [0.3, 0.4) is 0 Å². The molecule has 1 saturated heterocycles. The zero-order valence-electron chi connectivity index (χ0n) is 17.4. The van der Waals surface area contributed by atoms with E-state index in [0.29, 0.717) is 32.1 Å². The number of aryl methyl sites for hydroxylation is 1. The Kier molecular flexibility index (Phi) is 4.79. The molecule has 5 fully saturated rings. The Hall–Kier alpha value is -2.04. The van der Waals surface area contributed by atoms with Crippen LogP contribution >= 0.6 is 0 Å². The Balaban J connectivity index is 1.15. The topological polar surface area (TPSA) is 49.9 Å². The van der Waals surface area contributed by atoms with Crippen molar-refractivity contribution in [3.8, 4) is 5.75 Å². The van der Waals surface area contributed by atoms with Crippen molar-refractivity contribution in [1.82, 2.24) is 9.80 Å². The molecule has 1 heterocycles. The lowest BCUT2D eigenvalue weighted by Crippen LogP contribution is -2.58. The summed E-state index contributed by atoms with van der Waals surface area (Å²) < 4.78 is 5.72. The number of piperazine rings is 1. The van der Waals surface area contributed by atoms with Gasteiger partial charge in [0.2, 0.25) is 5.91 Å². The smallest absolute Gasteiger partial charge is 0.260 e. The van der Waals surface area contributed by atoms with Gasteiger partial charge in [-0.3, -0.25) is 9.59 Å². The van der Waals surface area contributed by atoms with Crippen molar-refractivity contribution in [2.24, 2.45) is 23.2 Å². The molecule has 1 aromatic carbocycles. The van der Waals surface area contributed by atoms with Crippen molar-refractivity contribution in [2.45, 2.75) is 45.4 Å². The summed E-state index contributed by atoms with van der Waals surface area (Å²) in [6.45, 7) is 4.61. The number of hydrogen-bond acceptors (Lipinski definition) is 3. The highest BCUT2D eigenvalue weighted by Crippen LogP contribution is 2.60. The molecule has 1 aromatic rings. The Bertz CT molecular complexity index is 762. The first kappa shape index (κ1) is 19.0. The van der Waals surface area contributed by atoms with E-state index in [-0.39, 0.29) is 17.9 Å². The van der Waals surface area contributed by atoms with Crippen molar-refractivity contribution in [1.29, 1.82) is 0 Å². The van der Waals surface area contributed by atoms with Crippen LogP contribution in [0.5, 0.6) is 5.75 Å². The minimum atomic E-state index is -0.0745. The number of carbonyl (C=O) groups is 2. The van der Waals surface area contributed by atoms with Crippen LogP contribution in [0, 0.1) is 30.1 Å². The van der Waals surface area contributed by atoms with Crippen LogP contribution in [0.1, 0.15) is 44.1 Å². The molecule has 0 radical (unpaired) electrons. The van der Waals surface area contributed by atoms with Crippen LogP contribution in [-0.2, 0) is 9.59 Å². The Morgan fingerprint density at radius 3 is 2.07 bits per heavy atom. The third-order valence-electron chi connectivity index (χ3n) is 7.86. The molecule has 4 bridgehead atoms. The van der Waals surface area contributed by atoms with Crippen molar-refractivity contribution >= 4 is 11.8 Å². The monoisotopic (exact) mass is 396 g/mol. The zero-order chi connectivity index (χ0) is 20.0. The van der Waals surface area contributed by atoms with Gasteiger partial charge in [0.05, 0.1) is 5.41 Å². The van der Waals surface area contributed by atoms with Gasteiger partial charge in [0, 0.05) is 26.2 Å². The van der Waals surface area contributed by atoms with E-state index in [2.05, 4.69) is 4.90 Å². The maximum atomic E-state index is 13.5. The molecule has 2 amide bonds. The van der Waals surface area contributed by atoms with Crippen LogP contribution in [0.2, 0.25) is 0 Å². The van der Waals surface area contributed by atoms with E-state index in [1.54, 1.807) is 0 Å². The number of para-hydroxylation sites is 1. The number of rotatable bonds is 4. The van der Waals surface area contributed by atoms with Gasteiger partial charge in [-0.2, -0.15) is 0 Å². The van der Waals surface area contributed by atoms with Gasteiger partial charge in [0.15, 0.2) is 6.61 Å². The largest absolute Gasteiger partial charge is 0.484 e. The Labute approximate surface area is 173 Å². The maximum Gasteiger partial charge on any atom is 0.260 e. The van der Waals surface area contributed by atoms with E-state index in [1.165, 1.54) is 19.3 Å². The Morgan fingerprint density at radius 2 is 1.48 bits per heavy atom. The van der Waals surface area contributed by atoms with E-state index >= 15 is 0 Å². The fraction of sp³-hybridized carbons (Fsp3) is 0.667. The molecule has 6 rings (SSSR count). The average Bonchev–Trinajstić information content (AvgIpc) is 2.71. The minimum absolute atomic E-state index is 0.00940. The second-order valence-electron chi connectivity index (χ2n) is 9.93. The fourth-order valence-corrected chi connectivity index (χ4v) is 6.82. The molecule has 4 aliphatic carbocycles. The lowest BCUT2D eigenvalue weighted by molar-refractivity contribution is -0.160. The Morgan fingerprint density at radius 1 is 0.931 bits per heavy atom. The summed E-state index contributed by atoms with van der Waals surface area (Å²) >= 11 is 0. The van der Waals surface area contributed by atoms with Crippen LogP contribution in [0.4, 0.5) is 0 Å². The molecule has 5 nitrogen and oxygen atoms in total. The van der Waals surface area contributed by atoms with Gasteiger partial charge in [-0.25, -0.2) is 0 Å². The quantitative estimate of drug-likeness (QED) is 0.785. The van der Waals surface area contributed by atoms with Gasteiger partial charge in [-0.15, -0.1) is 0 Å². The predicted molar refractivity (Wildman–Crippen MR) is 110 cm³/mol. The van der Waals surface area contributed by atoms with E-state index in [9.17, 15) is 9.59 Å². The molecule has 5 heteroatoms. The second-order valence-corrected chi connectivity index (χ2v) is 9.93. The molecule has 29 heavy (non-hydrogen) atoms. The molecule has 0 spiro atoms. The first-order valence-electron chi connectivity index (χ1n) is 11.3. The van der Waals surface area contributed by atoms with Crippen LogP contribution in [0.15, 0.2) is 24.3 Å². The number of hydrogen-bond donors (Lipinski definition) is 0. The molecular formula is C24H32N2O3. The number of nitrogens with zero attached hydrogens (tertiary/aromatic N) is 2. The lowest BCUT2D eigenvalue weighted by atomic mass is 9.49. The van der Waals surface area contributed by atoms with Gasteiger partial charge < -0.3 is 14.5 Å². The van der Waals surface area contributed by atoms with Gasteiger partial charge in [0.1, 0.15) is 5.75 Å². The van der Waals surface area contributed by atoms with Crippen LogP contribution < -0.4 is 4.74 Å². The maximum absolute atomic E-state index is 13.5. The van der Waals surface area contributed by atoms with Gasteiger partial charge >= 0.3 is 0 Å². The summed E-state index contributed by atoms with van der Waals surface area (Å²) in [4.78, 5) is 30.0. The molecule has 1 aliphatic heterocycles. The molecule has 0 unspecified atom stereocenters. The third-order valence-corrected chi connectivity index (χ3v) is 7.86. The van der Waals surface area contributed by atoms with Crippen molar-refractivity contribution in [3.63, 3.8) is 0 Å². The summed E-state index contributed by atoms with van der Waals surface area (Å²) in [7, 11) is 0. The van der Waals surface area contributed by atoms with E-state index in [4.69, 9.17) is 4.74 Å². The van der Waals surface area contributed by atoms with Crippen molar-refractivity contribution in [2.75, 3.05) is 32.8 Å². The van der Waals surface area contributed by atoms with Crippen LogP contribution in [0.25, 0.3) is 0 Å². The molecule has 0 aromatic heterocycles. The van der Waals surface area contributed by atoms with Crippen LogP contribution in [-0.4, -0.2) is 54.4 Å².